The molecule has 0 heterocycles. The Morgan fingerprint density at radius 3 is 2.37 bits per heavy atom. The van der Waals surface area contributed by atoms with E-state index >= 15 is 0 Å². The van der Waals surface area contributed by atoms with E-state index in [9.17, 15) is 4.79 Å². The molecule has 19 heavy (non-hydrogen) atoms. The highest BCUT2D eigenvalue weighted by atomic mass is 79.9. The summed E-state index contributed by atoms with van der Waals surface area (Å²) >= 11 is 10.3. The summed E-state index contributed by atoms with van der Waals surface area (Å²) < 4.78 is 8.49. The molecule has 0 radical (unpaired) electrons. The third-order valence-electron chi connectivity index (χ3n) is 2.42. The Morgan fingerprint density at radius 2 is 1.79 bits per heavy atom. The molecule has 1 rings (SSSR count). The zero-order valence-electron chi connectivity index (χ0n) is 10.2. The molecular weight excluding hydrogens is 444 g/mol. The Hall–Kier alpha value is -0.110. The van der Waals surface area contributed by atoms with Crippen molar-refractivity contribution in [2.24, 2.45) is 5.84 Å². The van der Waals surface area contributed by atoms with Gasteiger partial charge in [-0.3, -0.25) is 10.2 Å². The lowest BCUT2D eigenvalue weighted by Crippen LogP contribution is -2.29. The average Bonchev–Trinajstić information content (AvgIpc) is 2.35. The van der Waals surface area contributed by atoms with Gasteiger partial charge in [-0.1, -0.05) is 15.9 Å². The minimum absolute atomic E-state index is 0.126. The Bertz CT molecular complexity index is 418. The normalized spacial score (nSPS) is 10.3. The van der Waals surface area contributed by atoms with Crippen molar-refractivity contribution in [3.05, 3.63) is 25.6 Å². The molecule has 1 aromatic rings. The van der Waals surface area contributed by atoms with Crippen molar-refractivity contribution < 1.29 is 9.53 Å². The highest BCUT2D eigenvalue weighted by Crippen LogP contribution is 2.36. The molecule has 7 heteroatoms. The molecule has 0 bridgehead atoms. The van der Waals surface area contributed by atoms with Gasteiger partial charge in [0.25, 0.3) is 0 Å². The van der Waals surface area contributed by atoms with E-state index in [4.69, 9.17) is 10.6 Å². The zero-order chi connectivity index (χ0) is 14.3. The predicted molar refractivity (Wildman–Crippen MR) is 85.8 cm³/mol. The number of carbonyl (C=O) groups excluding carboxylic acids is 1. The van der Waals surface area contributed by atoms with Crippen molar-refractivity contribution >= 4 is 53.7 Å². The molecule has 0 unspecified atom stereocenters. The predicted octanol–water partition coefficient (Wildman–Crippen LogP) is 3.90. The van der Waals surface area contributed by atoms with E-state index < -0.39 is 0 Å². The van der Waals surface area contributed by atoms with Crippen LogP contribution in [0.2, 0.25) is 0 Å². The molecule has 0 aliphatic heterocycles. The maximum Gasteiger partial charge on any atom is 0.233 e. The first-order valence-corrected chi connectivity index (χ1v) is 8.19. The Labute approximate surface area is 137 Å². The molecule has 0 saturated carbocycles. The van der Waals surface area contributed by atoms with Gasteiger partial charge in [-0.15, -0.1) is 0 Å². The summed E-state index contributed by atoms with van der Waals surface area (Å²) in [6, 6.07) is 3.87. The van der Waals surface area contributed by atoms with Gasteiger partial charge in [-0.05, 0) is 63.3 Å². The van der Waals surface area contributed by atoms with Crippen LogP contribution in [0.5, 0.6) is 5.75 Å². The van der Waals surface area contributed by atoms with Crippen molar-refractivity contribution in [2.45, 2.75) is 25.7 Å². The van der Waals surface area contributed by atoms with Crippen LogP contribution in [0.4, 0.5) is 0 Å². The van der Waals surface area contributed by atoms with Gasteiger partial charge in [0.1, 0.15) is 5.75 Å². The average molecular weight is 459 g/mol. The van der Waals surface area contributed by atoms with E-state index in [1.54, 1.807) is 0 Å². The van der Waals surface area contributed by atoms with Gasteiger partial charge in [0.15, 0.2) is 0 Å². The van der Waals surface area contributed by atoms with Crippen molar-refractivity contribution in [3.63, 3.8) is 0 Å². The van der Waals surface area contributed by atoms with Crippen LogP contribution in [0.25, 0.3) is 0 Å². The largest absolute Gasteiger partial charge is 0.491 e. The van der Waals surface area contributed by atoms with E-state index in [0.717, 1.165) is 38.4 Å². The molecule has 0 aliphatic carbocycles. The van der Waals surface area contributed by atoms with Crippen LogP contribution in [0.1, 0.15) is 25.7 Å². The summed E-state index contributed by atoms with van der Waals surface area (Å²) in [5.74, 6) is 5.66. The SMILES string of the molecule is NNC(=O)CCCCCOc1c(Br)cc(Br)cc1Br. The molecule has 4 nitrogen and oxygen atoms in total. The first-order chi connectivity index (χ1) is 9.04. The van der Waals surface area contributed by atoms with Crippen LogP contribution in [-0.4, -0.2) is 12.5 Å². The minimum Gasteiger partial charge on any atom is -0.491 e. The van der Waals surface area contributed by atoms with Crippen molar-refractivity contribution in [1.82, 2.24) is 5.43 Å². The molecule has 0 aromatic heterocycles. The van der Waals surface area contributed by atoms with Crippen LogP contribution < -0.4 is 16.0 Å². The lowest BCUT2D eigenvalue weighted by Gasteiger charge is -2.10. The van der Waals surface area contributed by atoms with Gasteiger partial charge >= 0.3 is 0 Å². The van der Waals surface area contributed by atoms with Gasteiger partial charge in [-0.25, -0.2) is 5.84 Å². The highest BCUT2D eigenvalue weighted by Gasteiger charge is 2.08. The van der Waals surface area contributed by atoms with E-state index in [1.165, 1.54) is 0 Å². The fourth-order valence-corrected chi connectivity index (χ4v) is 3.97. The number of rotatable bonds is 7. The van der Waals surface area contributed by atoms with Crippen LogP contribution in [0.15, 0.2) is 25.6 Å². The molecule has 1 amide bonds. The number of nitrogens with one attached hydrogen (secondary N) is 1. The quantitative estimate of drug-likeness (QED) is 0.282. The van der Waals surface area contributed by atoms with Crippen LogP contribution in [-0.2, 0) is 4.79 Å². The number of amides is 1. The number of hydrazine groups is 1. The molecule has 0 fully saturated rings. The first-order valence-electron chi connectivity index (χ1n) is 5.81. The molecule has 106 valence electrons. The van der Waals surface area contributed by atoms with Gasteiger partial charge in [0.2, 0.25) is 5.91 Å². The van der Waals surface area contributed by atoms with Crippen LogP contribution in [0.3, 0.4) is 0 Å². The number of carbonyl (C=O) groups is 1. The van der Waals surface area contributed by atoms with Gasteiger partial charge in [0.05, 0.1) is 15.6 Å². The Balaban J connectivity index is 2.28. The zero-order valence-corrected chi connectivity index (χ0v) is 15.0. The summed E-state index contributed by atoms with van der Waals surface area (Å²) in [4.78, 5) is 10.9. The molecule has 1 aromatic carbocycles. The van der Waals surface area contributed by atoms with E-state index in [2.05, 4.69) is 53.2 Å². The monoisotopic (exact) mass is 456 g/mol. The Kier molecular flexibility index (Phi) is 7.97. The third kappa shape index (κ3) is 6.25. The second-order valence-electron chi connectivity index (χ2n) is 3.93. The van der Waals surface area contributed by atoms with Gasteiger partial charge < -0.3 is 4.74 Å². The molecule has 0 saturated heterocycles. The number of hydrogen-bond donors (Lipinski definition) is 2. The highest BCUT2D eigenvalue weighted by molar-refractivity contribution is 9.11. The maximum absolute atomic E-state index is 10.9. The summed E-state index contributed by atoms with van der Waals surface area (Å²) in [5, 5.41) is 0. The summed E-state index contributed by atoms with van der Waals surface area (Å²) in [6.07, 6.45) is 3.10. The van der Waals surface area contributed by atoms with E-state index in [-0.39, 0.29) is 5.91 Å². The van der Waals surface area contributed by atoms with Crippen molar-refractivity contribution in [2.75, 3.05) is 6.61 Å². The smallest absolute Gasteiger partial charge is 0.233 e. The maximum atomic E-state index is 10.9. The lowest BCUT2D eigenvalue weighted by molar-refractivity contribution is -0.121. The first kappa shape index (κ1) is 16.9. The van der Waals surface area contributed by atoms with Crippen LogP contribution >= 0.6 is 47.8 Å². The van der Waals surface area contributed by atoms with Crippen LogP contribution in [0, 0.1) is 0 Å². The fourth-order valence-electron chi connectivity index (χ4n) is 1.48. The third-order valence-corrected chi connectivity index (χ3v) is 4.05. The van der Waals surface area contributed by atoms with E-state index in [0.29, 0.717) is 13.0 Å². The van der Waals surface area contributed by atoms with Gasteiger partial charge in [-0.2, -0.15) is 0 Å². The number of halogens is 3. The number of unbranched alkanes of at least 4 members (excludes halogenated alkanes) is 2. The second-order valence-corrected chi connectivity index (χ2v) is 6.55. The number of benzene rings is 1. The standard InChI is InChI=1S/C12H15Br3N2O2/c13-8-6-9(14)12(10(15)7-8)19-5-3-1-2-4-11(18)17-16/h6-7H,1-5,16H2,(H,17,18). The topological polar surface area (TPSA) is 64.3 Å². The summed E-state index contributed by atoms with van der Waals surface area (Å²) in [7, 11) is 0. The number of ether oxygens (including phenoxy) is 1. The fraction of sp³-hybridized carbons (Fsp3) is 0.417. The molecule has 0 atom stereocenters. The van der Waals surface area contributed by atoms with Crippen molar-refractivity contribution in [1.29, 1.82) is 0 Å². The number of nitrogens with two attached hydrogens (primary N) is 1. The van der Waals surface area contributed by atoms with E-state index in [1.807, 2.05) is 12.1 Å². The molecular formula is C12H15Br3N2O2. The second kappa shape index (κ2) is 8.94. The Morgan fingerprint density at radius 1 is 1.16 bits per heavy atom. The summed E-state index contributed by atoms with van der Waals surface area (Å²) in [6.45, 7) is 0.614. The lowest BCUT2D eigenvalue weighted by atomic mass is 10.2. The molecule has 0 aliphatic rings. The number of hydrogen-bond acceptors (Lipinski definition) is 3. The molecule has 0 spiro atoms. The minimum atomic E-state index is -0.126. The van der Waals surface area contributed by atoms with Crippen molar-refractivity contribution in [3.8, 4) is 5.75 Å². The summed E-state index contributed by atoms with van der Waals surface area (Å²) in [5.41, 5.74) is 2.11. The van der Waals surface area contributed by atoms with Gasteiger partial charge in [0, 0.05) is 10.9 Å². The molecule has 3 N–H and O–H groups in total.